The van der Waals surface area contributed by atoms with E-state index in [1.165, 1.54) is 0 Å². The molecule has 0 aliphatic rings. The maximum Gasteiger partial charge on any atom is 0.309 e. The Bertz CT molecular complexity index is 1220. The fourth-order valence-electron chi connectivity index (χ4n) is 5.21. The minimum Gasteiger partial charge on any atom is -0.462 e. The highest BCUT2D eigenvalue weighted by Crippen LogP contribution is 2.32. The van der Waals surface area contributed by atoms with Crippen LogP contribution in [0.1, 0.15) is 100 Å². The van der Waals surface area contributed by atoms with E-state index in [2.05, 4.69) is 44.9 Å². The van der Waals surface area contributed by atoms with E-state index in [1.54, 1.807) is 34.4 Å². The number of hydrogen-bond donors (Lipinski definition) is 0. The van der Waals surface area contributed by atoms with Gasteiger partial charge in [-0.3, -0.25) is 28.8 Å². The van der Waals surface area contributed by atoms with Crippen molar-refractivity contribution >= 4 is 55.2 Å². The third-order valence-corrected chi connectivity index (χ3v) is 10.9. The zero-order valence-electron chi connectivity index (χ0n) is 33.7. The Labute approximate surface area is 327 Å². The molecule has 302 valence electrons. The van der Waals surface area contributed by atoms with Crippen molar-refractivity contribution in [3.63, 3.8) is 0 Å². The van der Waals surface area contributed by atoms with Crippen LogP contribution in [0.4, 0.5) is 0 Å². The first-order valence-corrected chi connectivity index (χ1v) is 21.0. The second kappa shape index (κ2) is 26.5. The number of aryl methyl sites for hydroxylation is 1. The van der Waals surface area contributed by atoms with Crippen LogP contribution in [0, 0.1) is 17.8 Å². The molecule has 0 spiro atoms. The van der Waals surface area contributed by atoms with Gasteiger partial charge in [0.25, 0.3) is 0 Å². The van der Waals surface area contributed by atoms with Crippen LogP contribution >= 0.6 is 23.5 Å². The largest absolute Gasteiger partial charge is 0.462 e. The second-order valence-electron chi connectivity index (χ2n) is 14.6. The van der Waals surface area contributed by atoms with Crippen LogP contribution in [0.2, 0.25) is 0 Å². The van der Waals surface area contributed by atoms with E-state index in [0.717, 1.165) is 18.6 Å². The van der Waals surface area contributed by atoms with Crippen molar-refractivity contribution < 1.29 is 42.9 Å². The van der Waals surface area contributed by atoms with E-state index in [1.807, 2.05) is 32.6 Å². The van der Waals surface area contributed by atoms with Crippen molar-refractivity contribution in [2.45, 2.75) is 118 Å². The molecule has 0 aliphatic carbocycles. The number of ether oxygens (including phenoxy) is 5. The lowest BCUT2D eigenvalue weighted by molar-refractivity contribution is -0.154. The van der Waals surface area contributed by atoms with Gasteiger partial charge in [0, 0.05) is 60.7 Å². The lowest BCUT2D eigenvalue weighted by atomic mass is 9.80. The first-order valence-electron chi connectivity index (χ1n) is 18.9. The van der Waals surface area contributed by atoms with Gasteiger partial charge in [0.15, 0.2) is 0 Å². The van der Waals surface area contributed by atoms with Gasteiger partial charge in [0.2, 0.25) is 0 Å². The number of aromatic nitrogens is 3. The van der Waals surface area contributed by atoms with Crippen LogP contribution in [0.15, 0.2) is 6.20 Å². The monoisotopic (exact) mass is 784 g/mol. The summed E-state index contributed by atoms with van der Waals surface area (Å²) in [5.74, 6) is 0.846. The molecule has 53 heavy (non-hydrogen) atoms. The number of carbonyl (C=O) groups excluding carboxylic acids is 4. The molecule has 0 saturated heterocycles. The molecule has 3 unspecified atom stereocenters. The number of rotatable bonds is 30. The molecule has 0 amide bonds. The summed E-state index contributed by atoms with van der Waals surface area (Å²) in [7, 11) is 6.17. The van der Waals surface area contributed by atoms with Crippen LogP contribution in [-0.4, -0.2) is 125 Å². The van der Waals surface area contributed by atoms with Gasteiger partial charge in [0.05, 0.1) is 30.4 Å². The van der Waals surface area contributed by atoms with Gasteiger partial charge in [-0.25, -0.2) is 0 Å². The van der Waals surface area contributed by atoms with Gasteiger partial charge < -0.3 is 23.7 Å². The van der Waals surface area contributed by atoms with Crippen molar-refractivity contribution in [3.05, 3.63) is 11.9 Å². The second-order valence-corrected chi connectivity index (χ2v) is 17.4. The van der Waals surface area contributed by atoms with Crippen LogP contribution in [0.3, 0.4) is 0 Å². The third kappa shape index (κ3) is 24.0. The summed E-state index contributed by atoms with van der Waals surface area (Å²) in [5, 5.41) is 8.45. The minimum absolute atomic E-state index is 0.0131. The van der Waals surface area contributed by atoms with Gasteiger partial charge >= 0.3 is 23.9 Å². The van der Waals surface area contributed by atoms with Crippen LogP contribution in [-0.2, 0) is 56.0 Å². The van der Waals surface area contributed by atoms with Gasteiger partial charge in [-0.2, -0.15) is 23.5 Å². The summed E-state index contributed by atoms with van der Waals surface area (Å²) >= 11 is 3.47. The van der Waals surface area contributed by atoms with E-state index in [-0.39, 0.29) is 80.9 Å². The molecule has 16 heteroatoms. The molecular weight excluding hydrogens is 719 g/mol. The summed E-state index contributed by atoms with van der Waals surface area (Å²) < 4.78 is 28.6. The van der Waals surface area contributed by atoms with Crippen molar-refractivity contribution in [2.24, 2.45) is 17.8 Å². The van der Waals surface area contributed by atoms with Crippen molar-refractivity contribution in [1.29, 1.82) is 0 Å². The highest BCUT2D eigenvalue weighted by molar-refractivity contribution is 8.00. The average molecular weight is 785 g/mol. The zero-order valence-corrected chi connectivity index (χ0v) is 35.3. The summed E-state index contributed by atoms with van der Waals surface area (Å²) in [6.45, 7) is 19.9. The van der Waals surface area contributed by atoms with Crippen molar-refractivity contribution in [2.75, 3.05) is 63.4 Å². The van der Waals surface area contributed by atoms with E-state index in [9.17, 15) is 19.2 Å². The fraction of sp³-hybridized carbons (Fsp3) is 0.838. The van der Waals surface area contributed by atoms with E-state index in [4.69, 9.17) is 31.5 Å². The average Bonchev–Trinajstić information content (AvgIpc) is 3.54. The molecule has 0 N–H and O–H groups in total. The van der Waals surface area contributed by atoms with Gasteiger partial charge in [-0.1, -0.05) is 53.7 Å². The summed E-state index contributed by atoms with van der Waals surface area (Å²) in [6, 6.07) is 0. The first-order chi connectivity index (χ1) is 25.0. The summed E-state index contributed by atoms with van der Waals surface area (Å²) in [5.41, 5.74) is -0.149. The Morgan fingerprint density at radius 1 is 0.868 bits per heavy atom. The Hall–Kier alpha value is -2.30. The molecule has 0 saturated carbocycles. The van der Waals surface area contributed by atoms with Crippen LogP contribution in [0.5, 0.6) is 0 Å². The Balaban J connectivity index is 2.62. The van der Waals surface area contributed by atoms with Crippen LogP contribution < -0.4 is 0 Å². The molecule has 13 nitrogen and oxygen atoms in total. The van der Waals surface area contributed by atoms with Gasteiger partial charge in [-0.05, 0) is 44.8 Å². The molecule has 2 radical (unpaired) electrons. The Morgan fingerprint density at radius 3 is 1.94 bits per heavy atom. The number of hydrogen-bond acceptors (Lipinski definition) is 14. The number of nitrogens with zero attached hydrogens (tertiary/aromatic N) is 4. The lowest BCUT2D eigenvalue weighted by Gasteiger charge is -2.27. The number of carbonyl (C=O) groups is 4. The molecule has 0 bridgehead atoms. The van der Waals surface area contributed by atoms with E-state index in [0.29, 0.717) is 49.2 Å². The third-order valence-electron chi connectivity index (χ3n) is 7.87. The topological polar surface area (TPSA) is 148 Å². The van der Waals surface area contributed by atoms with Crippen LogP contribution in [0.25, 0.3) is 0 Å². The number of thioether (sulfide) groups is 2. The molecule has 1 heterocycles. The predicted molar refractivity (Wildman–Crippen MR) is 211 cm³/mol. The van der Waals surface area contributed by atoms with Crippen molar-refractivity contribution in [3.8, 4) is 0 Å². The van der Waals surface area contributed by atoms with Crippen molar-refractivity contribution in [1.82, 2.24) is 19.9 Å². The Kier molecular flexibility index (Phi) is 24.4. The molecular formula is C37H65BN4O9S2. The van der Waals surface area contributed by atoms with E-state index < -0.39 is 17.4 Å². The fourth-order valence-corrected chi connectivity index (χ4v) is 7.45. The first kappa shape index (κ1) is 48.7. The molecule has 1 rings (SSSR count). The molecule has 0 aromatic carbocycles. The standard InChI is InChI=1S/C37H65BN4O9S2/c1-10-22-52-26-29(5)34(45)49-20-18-47-32(43)12-15-41(24-31-25-42(40-39-31)17-14-37(9,38)51-11-2)16-13-33(44)48-19-21-50-35(46)30(6)27-53-36(7,8)23-28(3)4/h25,28-30H,10-24,26-27H2,1-9H3. The molecule has 0 fully saturated rings. The maximum absolute atomic E-state index is 12.6. The van der Waals surface area contributed by atoms with Gasteiger partial charge in [-0.15, -0.1) is 5.10 Å². The summed E-state index contributed by atoms with van der Waals surface area (Å²) in [4.78, 5) is 51.7. The lowest BCUT2D eigenvalue weighted by Crippen LogP contribution is -2.30. The maximum atomic E-state index is 12.6. The Morgan fingerprint density at radius 2 is 1.42 bits per heavy atom. The normalized spacial score (nSPS) is 14.1. The SMILES string of the molecule is [B]C(C)(CCn1cc(CN(CCC(=O)OCCOC(=O)C(C)CSCCC)CCC(=O)OCCOC(=O)C(C)CSC(C)(C)CC(C)C)nn1)OCC. The van der Waals surface area contributed by atoms with E-state index >= 15 is 0 Å². The number of esters is 4. The molecule has 3 atom stereocenters. The smallest absolute Gasteiger partial charge is 0.309 e. The molecule has 0 aliphatic heterocycles. The predicted octanol–water partition coefficient (Wildman–Crippen LogP) is 5.32. The quantitative estimate of drug-likeness (QED) is 0.0429. The van der Waals surface area contributed by atoms with Gasteiger partial charge in [0.1, 0.15) is 34.3 Å². The molecule has 1 aromatic heterocycles. The summed E-state index contributed by atoms with van der Waals surface area (Å²) in [6.07, 6.45) is 4.50. The molecule has 1 aromatic rings. The minimum atomic E-state index is -0.794. The highest BCUT2D eigenvalue weighted by Gasteiger charge is 2.24. The zero-order chi connectivity index (χ0) is 39.9. The highest BCUT2D eigenvalue weighted by atomic mass is 32.2.